The van der Waals surface area contributed by atoms with E-state index >= 15 is 0 Å². The number of hydrogen-bond acceptors (Lipinski definition) is 2. The third kappa shape index (κ3) is 4.94. The molecule has 8 aromatic rings. The average molecular weight is 652 g/mol. The predicted molar refractivity (Wildman–Crippen MR) is 215 cm³/mol. The molecule has 10 rings (SSSR count). The first-order valence-electron chi connectivity index (χ1n) is 17.5. The Morgan fingerprint density at radius 1 is 0.490 bits per heavy atom. The fourth-order valence-corrected chi connectivity index (χ4v) is 7.79. The van der Waals surface area contributed by atoms with Gasteiger partial charge in [-0.2, -0.15) is 0 Å². The minimum atomic E-state index is 0.0376. The molecular formula is C48H33N3. The normalized spacial score (nSPS) is 15.3. The van der Waals surface area contributed by atoms with E-state index in [9.17, 15) is 0 Å². The van der Waals surface area contributed by atoms with Crippen molar-refractivity contribution in [1.29, 1.82) is 0 Å². The van der Waals surface area contributed by atoms with Crippen LogP contribution in [0.4, 0.5) is 0 Å². The van der Waals surface area contributed by atoms with Gasteiger partial charge < -0.3 is 9.88 Å². The summed E-state index contributed by atoms with van der Waals surface area (Å²) in [6, 6.07) is 59.1. The van der Waals surface area contributed by atoms with Gasteiger partial charge in [0.1, 0.15) is 0 Å². The van der Waals surface area contributed by atoms with Gasteiger partial charge in [-0.1, -0.05) is 158 Å². The smallest absolute Gasteiger partial charge is 0.0944 e. The van der Waals surface area contributed by atoms with Crippen LogP contribution in [0.2, 0.25) is 0 Å². The number of allylic oxidation sites excluding steroid dienone is 2. The standard InChI is InChI=1S/C48H33N3/c1-4-14-32(15-5-1)36-26-29-40-44(30-36)51(45-31-41(33-16-6-2-7-17-33)38-20-10-11-21-39(38)46(40)45)37-27-24-35(25-28-37)48-47(34-18-8-3-9-19-34)49-42-22-12-13-23-43(42)50-48/h1-31,43,50H. The number of aliphatic imine (C=N–C) groups is 1. The second kappa shape index (κ2) is 12.0. The zero-order valence-electron chi connectivity index (χ0n) is 27.9. The first-order chi connectivity index (χ1) is 25.3. The highest BCUT2D eigenvalue weighted by Gasteiger charge is 2.25. The summed E-state index contributed by atoms with van der Waals surface area (Å²) in [4.78, 5) is 5.18. The molecule has 3 nitrogen and oxygen atoms in total. The van der Waals surface area contributed by atoms with Crippen molar-refractivity contribution in [3.05, 3.63) is 199 Å². The third-order valence-electron chi connectivity index (χ3n) is 10.2. The Morgan fingerprint density at radius 3 is 1.88 bits per heavy atom. The lowest BCUT2D eigenvalue weighted by Gasteiger charge is -2.28. The molecule has 1 unspecified atom stereocenters. The quantitative estimate of drug-likeness (QED) is 0.197. The first-order valence-corrected chi connectivity index (χ1v) is 17.5. The molecule has 240 valence electrons. The maximum atomic E-state index is 5.18. The molecule has 1 atom stereocenters. The van der Waals surface area contributed by atoms with Crippen LogP contribution < -0.4 is 5.32 Å². The fourth-order valence-electron chi connectivity index (χ4n) is 7.79. The van der Waals surface area contributed by atoms with Crippen molar-refractivity contribution in [3.63, 3.8) is 0 Å². The number of nitrogens with zero attached hydrogens (tertiary/aromatic N) is 2. The number of aromatic nitrogens is 1. The van der Waals surface area contributed by atoms with Crippen LogP contribution in [0, 0.1) is 0 Å². The van der Waals surface area contributed by atoms with Crippen LogP contribution in [0.25, 0.3) is 71.9 Å². The average Bonchev–Trinajstić information content (AvgIpc) is 3.55. The summed E-state index contributed by atoms with van der Waals surface area (Å²) in [6.45, 7) is 0. The lowest BCUT2D eigenvalue weighted by molar-refractivity contribution is 0.882. The monoisotopic (exact) mass is 651 g/mol. The summed E-state index contributed by atoms with van der Waals surface area (Å²) in [5, 5.41) is 8.84. The maximum absolute atomic E-state index is 5.18. The molecule has 0 bridgehead atoms. The van der Waals surface area contributed by atoms with Gasteiger partial charge in [-0.05, 0) is 68.9 Å². The first kappa shape index (κ1) is 29.2. The van der Waals surface area contributed by atoms with E-state index < -0.39 is 0 Å². The van der Waals surface area contributed by atoms with E-state index in [1.165, 1.54) is 54.8 Å². The van der Waals surface area contributed by atoms with Gasteiger partial charge in [0, 0.05) is 22.0 Å². The molecule has 1 aromatic heterocycles. The molecule has 2 aliphatic rings. The highest BCUT2D eigenvalue weighted by atomic mass is 15.0. The molecule has 0 saturated carbocycles. The van der Waals surface area contributed by atoms with Crippen LogP contribution in [0.1, 0.15) is 11.1 Å². The summed E-state index contributed by atoms with van der Waals surface area (Å²) in [5.74, 6) is 0. The Bertz CT molecular complexity index is 2730. The molecule has 3 heteroatoms. The van der Waals surface area contributed by atoms with Crippen molar-refractivity contribution >= 4 is 49.7 Å². The van der Waals surface area contributed by atoms with E-state index in [4.69, 9.17) is 4.99 Å². The van der Waals surface area contributed by atoms with Crippen molar-refractivity contribution < 1.29 is 0 Å². The maximum Gasteiger partial charge on any atom is 0.0944 e. The highest BCUT2D eigenvalue weighted by molar-refractivity contribution is 6.24. The van der Waals surface area contributed by atoms with E-state index in [0.717, 1.165) is 33.9 Å². The van der Waals surface area contributed by atoms with Crippen molar-refractivity contribution in [2.45, 2.75) is 6.04 Å². The lowest BCUT2D eigenvalue weighted by atomic mass is 9.94. The molecule has 0 saturated heterocycles. The molecule has 1 aliphatic heterocycles. The Kier molecular flexibility index (Phi) is 6.88. The molecule has 7 aromatic carbocycles. The zero-order valence-corrected chi connectivity index (χ0v) is 27.9. The van der Waals surface area contributed by atoms with Crippen LogP contribution in [0.3, 0.4) is 0 Å². The molecule has 1 N–H and O–H groups in total. The van der Waals surface area contributed by atoms with Crippen LogP contribution in [-0.2, 0) is 0 Å². The highest BCUT2D eigenvalue weighted by Crippen LogP contribution is 2.42. The number of nitrogens with one attached hydrogen (secondary N) is 1. The topological polar surface area (TPSA) is 29.3 Å². The van der Waals surface area contributed by atoms with Gasteiger partial charge >= 0.3 is 0 Å². The summed E-state index contributed by atoms with van der Waals surface area (Å²) >= 11 is 0. The summed E-state index contributed by atoms with van der Waals surface area (Å²) in [6.07, 6.45) is 8.41. The molecule has 2 heterocycles. The van der Waals surface area contributed by atoms with Crippen molar-refractivity contribution in [1.82, 2.24) is 9.88 Å². The van der Waals surface area contributed by atoms with Crippen molar-refractivity contribution in [2.24, 2.45) is 4.99 Å². The van der Waals surface area contributed by atoms with Crippen LogP contribution in [0.15, 0.2) is 193 Å². The lowest BCUT2D eigenvalue weighted by Crippen LogP contribution is -2.37. The molecule has 51 heavy (non-hydrogen) atoms. The predicted octanol–water partition coefficient (Wildman–Crippen LogP) is 11.6. The van der Waals surface area contributed by atoms with E-state index in [0.29, 0.717) is 0 Å². The molecular weight excluding hydrogens is 619 g/mol. The van der Waals surface area contributed by atoms with Gasteiger partial charge in [-0.25, -0.2) is 4.99 Å². The number of hydrogen-bond donors (Lipinski definition) is 1. The minimum absolute atomic E-state index is 0.0376. The van der Waals surface area contributed by atoms with Gasteiger partial charge in [-0.3, -0.25) is 0 Å². The third-order valence-corrected chi connectivity index (χ3v) is 10.2. The zero-order chi connectivity index (χ0) is 33.7. The van der Waals surface area contributed by atoms with E-state index in [1.54, 1.807) is 0 Å². The summed E-state index contributed by atoms with van der Waals surface area (Å²) in [7, 11) is 0. The van der Waals surface area contributed by atoms with Gasteiger partial charge in [0.05, 0.1) is 34.2 Å². The Hall–Kier alpha value is -6.71. The van der Waals surface area contributed by atoms with Gasteiger partial charge in [0.15, 0.2) is 0 Å². The minimum Gasteiger partial charge on any atom is -0.371 e. The van der Waals surface area contributed by atoms with Gasteiger partial charge in [-0.15, -0.1) is 0 Å². The number of benzene rings is 7. The van der Waals surface area contributed by atoms with E-state index in [1.807, 2.05) is 0 Å². The summed E-state index contributed by atoms with van der Waals surface area (Å²) < 4.78 is 2.45. The SMILES string of the molecule is C1=CC2=NC(c3ccccc3)=C(c3ccc(-n4c5cc(-c6ccccc6)ccc5c5c6ccccc6c(-c6ccccc6)cc54)cc3)NC2C=C1. The molecule has 0 radical (unpaired) electrons. The van der Waals surface area contributed by atoms with E-state index in [-0.39, 0.29) is 6.04 Å². The van der Waals surface area contributed by atoms with Gasteiger partial charge in [0.2, 0.25) is 0 Å². The molecule has 0 fully saturated rings. The summed E-state index contributed by atoms with van der Waals surface area (Å²) in [5.41, 5.74) is 13.5. The van der Waals surface area contributed by atoms with Crippen molar-refractivity contribution in [3.8, 4) is 27.9 Å². The second-order valence-corrected chi connectivity index (χ2v) is 13.2. The van der Waals surface area contributed by atoms with Gasteiger partial charge in [0.25, 0.3) is 0 Å². The van der Waals surface area contributed by atoms with Crippen LogP contribution in [-0.4, -0.2) is 16.3 Å². The Morgan fingerprint density at radius 2 is 1.14 bits per heavy atom. The van der Waals surface area contributed by atoms with Crippen LogP contribution in [0.5, 0.6) is 0 Å². The van der Waals surface area contributed by atoms with Crippen molar-refractivity contribution in [2.75, 3.05) is 0 Å². The number of rotatable bonds is 5. The largest absolute Gasteiger partial charge is 0.371 e. The second-order valence-electron chi connectivity index (χ2n) is 13.2. The van der Waals surface area contributed by atoms with E-state index in [2.05, 4.69) is 198 Å². The fraction of sp³-hybridized carbons (Fsp3) is 0.0208. The Balaban J connectivity index is 1.22. The Labute approximate surface area is 296 Å². The molecule has 0 amide bonds. The van der Waals surface area contributed by atoms with Crippen LogP contribution >= 0.6 is 0 Å². The molecule has 0 spiro atoms. The number of fused-ring (bicyclic) bond motifs is 6. The molecule has 1 aliphatic carbocycles.